The molecule has 5 nitrogen and oxygen atoms in total. The molecule has 0 saturated heterocycles. The third-order valence-corrected chi connectivity index (χ3v) is 4.45. The number of ether oxygens (including phenoxy) is 2. The minimum atomic E-state index is 0.442. The molecule has 0 atom stereocenters. The van der Waals surface area contributed by atoms with Gasteiger partial charge in [-0.1, -0.05) is 6.07 Å². The van der Waals surface area contributed by atoms with Crippen LogP contribution in [0, 0.1) is 18.3 Å². The zero-order chi connectivity index (χ0) is 18.7. The third kappa shape index (κ3) is 3.58. The second kappa shape index (κ2) is 7.63. The van der Waals surface area contributed by atoms with Gasteiger partial charge in [0.05, 0.1) is 34.8 Å². The molecule has 0 fully saturated rings. The molecule has 0 saturated carbocycles. The topological polar surface area (TPSA) is 70.9 Å². The smallest absolute Gasteiger partial charge is 0.175 e. The molecule has 1 aromatic heterocycles. The molecular formula is C20H18BrN3O2. The van der Waals surface area contributed by atoms with Crippen LogP contribution in [-0.2, 0) is 0 Å². The molecule has 0 aliphatic heterocycles. The predicted octanol–water partition coefficient (Wildman–Crippen LogP) is 5.11. The zero-order valence-electron chi connectivity index (χ0n) is 14.8. The van der Waals surface area contributed by atoms with Gasteiger partial charge in [-0.25, -0.2) is 4.98 Å². The van der Waals surface area contributed by atoms with Crippen LogP contribution in [0.4, 0.5) is 0 Å². The molecule has 0 bridgehead atoms. The quantitative estimate of drug-likeness (QED) is 0.592. The second-order valence-corrected chi connectivity index (χ2v) is 6.60. The number of fused-ring (bicyclic) bond motifs is 1. The van der Waals surface area contributed by atoms with Crippen molar-refractivity contribution in [3.8, 4) is 17.6 Å². The number of aryl methyl sites for hydroxylation is 1. The fraction of sp³-hybridized carbons (Fsp3) is 0.200. The third-order valence-electron chi connectivity index (χ3n) is 3.86. The Hall–Kier alpha value is -2.78. The van der Waals surface area contributed by atoms with Crippen LogP contribution in [0.15, 0.2) is 34.8 Å². The van der Waals surface area contributed by atoms with Gasteiger partial charge in [0.25, 0.3) is 0 Å². The lowest BCUT2D eigenvalue weighted by molar-refractivity contribution is 0.309. The molecule has 0 spiro atoms. The Kier molecular flexibility index (Phi) is 5.29. The summed E-state index contributed by atoms with van der Waals surface area (Å²) in [6.07, 6.45) is 1.77. The molecule has 1 N–H and O–H groups in total. The standard InChI is InChI=1S/C20H18BrN3O2/c1-4-26-19-15(21)9-13(10-18(19)25-3)8-14(11-22)20-23-16-6-5-12(2)7-17(16)24-20/h5-10H,4H2,1-3H3,(H,23,24)/b14-8-. The first-order valence-electron chi connectivity index (χ1n) is 8.14. The van der Waals surface area contributed by atoms with Crippen molar-refractivity contribution in [3.63, 3.8) is 0 Å². The van der Waals surface area contributed by atoms with Crippen LogP contribution in [0.5, 0.6) is 11.5 Å². The van der Waals surface area contributed by atoms with E-state index >= 15 is 0 Å². The van der Waals surface area contributed by atoms with Crippen LogP contribution in [0.1, 0.15) is 23.9 Å². The molecule has 0 amide bonds. The Labute approximate surface area is 160 Å². The summed E-state index contributed by atoms with van der Waals surface area (Å²) in [6, 6.07) is 11.9. The number of imidazole rings is 1. The number of aromatic nitrogens is 2. The van der Waals surface area contributed by atoms with Gasteiger partial charge in [-0.3, -0.25) is 0 Å². The van der Waals surface area contributed by atoms with Crippen molar-refractivity contribution in [1.82, 2.24) is 9.97 Å². The summed E-state index contributed by atoms with van der Waals surface area (Å²) in [5.74, 6) is 1.78. The Morgan fingerprint density at radius 3 is 2.85 bits per heavy atom. The van der Waals surface area contributed by atoms with Gasteiger partial charge in [0.2, 0.25) is 0 Å². The highest BCUT2D eigenvalue weighted by molar-refractivity contribution is 9.10. The van der Waals surface area contributed by atoms with Crippen molar-refractivity contribution >= 4 is 38.6 Å². The summed E-state index contributed by atoms with van der Waals surface area (Å²) in [7, 11) is 1.59. The number of aromatic amines is 1. The van der Waals surface area contributed by atoms with E-state index in [0.29, 0.717) is 29.5 Å². The molecule has 3 aromatic rings. The minimum Gasteiger partial charge on any atom is -0.493 e. The molecule has 0 radical (unpaired) electrons. The van der Waals surface area contributed by atoms with Crippen LogP contribution in [-0.4, -0.2) is 23.7 Å². The van der Waals surface area contributed by atoms with Gasteiger partial charge in [-0.15, -0.1) is 0 Å². The van der Waals surface area contributed by atoms with Crippen LogP contribution < -0.4 is 9.47 Å². The lowest BCUT2D eigenvalue weighted by Crippen LogP contribution is -1.97. The molecule has 3 rings (SSSR count). The van der Waals surface area contributed by atoms with Crippen molar-refractivity contribution in [1.29, 1.82) is 5.26 Å². The number of methoxy groups -OCH3 is 1. The van der Waals surface area contributed by atoms with E-state index in [-0.39, 0.29) is 0 Å². The van der Waals surface area contributed by atoms with Crippen molar-refractivity contribution in [3.05, 3.63) is 51.8 Å². The number of hydrogen-bond acceptors (Lipinski definition) is 4. The average molecular weight is 412 g/mol. The van der Waals surface area contributed by atoms with Gasteiger partial charge in [-0.2, -0.15) is 5.26 Å². The molecule has 0 unspecified atom stereocenters. The average Bonchev–Trinajstić information content (AvgIpc) is 3.04. The van der Waals surface area contributed by atoms with Gasteiger partial charge >= 0.3 is 0 Å². The molecule has 0 aliphatic carbocycles. The monoisotopic (exact) mass is 411 g/mol. The summed E-state index contributed by atoms with van der Waals surface area (Å²) < 4.78 is 11.8. The number of benzene rings is 2. The molecule has 132 valence electrons. The van der Waals surface area contributed by atoms with Gasteiger partial charge in [0.15, 0.2) is 11.5 Å². The number of hydrogen-bond donors (Lipinski definition) is 1. The molecule has 0 aliphatic rings. The van der Waals surface area contributed by atoms with Crippen molar-refractivity contribution in [2.75, 3.05) is 13.7 Å². The number of H-pyrrole nitrogens is 1. The highest BCUT2D eigenvalue weighted by Crippen LogP contribution is 2.37. The van der Waals surface area contributed by atoms with E-state index in [1.165, 1.54) is 0 Å². The lowest BCUT2D eigenvalue weighted by Gasteiger charge is -2.12. The molecular weight excluding hydrogens is 394 g/mol. The van der Waals surface area contributed by atoms with E-state index in [4.69, 9.17) is 9.47 Å². The minimum absolute atomic E-state index is 0.442. The van der Waals surface area contributed by atoms with Gasteiger partial charge in [0.1, 0.15) is 11.9 Å². The lowest BCUT2D eigenvalue weighted by atomic mass is 10.1. The second-order valence-electron chi connectivity index (χ2n) is 5.74. The van der Waals surface area contributed by atoms with Crippen LogP contribution in [0.2, 0.25) is 0 Å². The Morgan fingerprint density at radius 2 is 2.15 bits per heavy atom. The van der Waals surface area contributed by atoms with Crippen molar-refractivity contribution < 1.29 is 9.47 Å². The maximum Gasteiger partial charge on any atom is 0.175 e. The fourth-order valence-corrected chi connectivity index (χ4v) is 3.25. The van der Waals surface area contributed by atoms with Crippen LogP contribution in [0.25, 0.3) is 22.7 Å². The Bertz CT molecular complexity index is 1030. The number of rotatable bonds is 5. The fourth-order valence-electron chi connectivity index (χ4n) is 2.68. The zero-order valence-corrected chi connectivity index (χ0v) is 16.3. The van der Waals surface area contributed by atoms with Crippen molar-refractivity contribution in [2.45, 2.75) is 13.8 Å². The highest BCUT2D eigenvalue weighted by Gasteiger charge is 2.13. The predicted molar refractivity (Wildman–Crippen MR) is 106 cm³/mol. The van der Waals surface area contributed by atoms with E-state index in [2.05, 4.69) is 32.0 Å². The number of halogens is 1. The van der Waals surface area contributed by atoms with Gasteiger partial charge in [-0.05, 0) is 71.2 Å². The Balaban J connectivity index is 2.05. The SMILES string of the molecule is CCOc1c(Br)cc(/C=C(/C#N)c2nc3ccc(C)cc3[nH]2)cc1OC. The van der Waals surface area contributed by atoms with E-state index in [1.807, 2.05) is 44.2 Å². The number of nitrogens with one attached hydrogen (secondary N) is 1. The maximum absolute atomic E-state index is 9.61. The van der Waals surface area contributed by atoms with Crippen LogP contribution >= 0.6 is 15.9 Å². The summed E-state index contributed by atoms with van der Waals surface area (Å²) in [4.78, 5) is 7.73. The molecule has 1 heterocycles. The van der Waals surface area contributed by atoms with Crippen molar-refractivity contribution in [2.24, 2.45) is 0 Å². The first-order chi connectivity index (χ1) is 12.5. The number of allylic oxidation sites excluding steroid dienone is 1. The normalized spacial score (nSPS) is 11.4. The first-order valence-corrected chi connectivity index (χ1v) is 8.94. The number of nitriles is 1. The molecule has 26 heavy (non-hydrogen) atoms. The van der Waals surface area contributed by atoms with E-state index < -0.39 is 0 Å². The molecule has 6 heteroatoms. The number of nitrogens with zero attached hydrogens (tertiary/aromatic N) is 2. The largest absolute Gasteiger partial charge is 0.493 e. The van der Waals surface area contributed by atoms with Crippen LogP contribution in [0.3, 0.4) is 0 Å². The summed E-state index contributed by atoms with van der Waals surface area (Å²) in [6.45, 7) is 4.47. The first kappa shape index (κ1) is 18.0. The van der Waals surface area contributed by atoms with E-state index in [0.717, 1.165) is 26.6 Å². The summed E-state index contributed by atoms with van der Waals surface area (Å²) in [5, 5.41) is 9.61. The summed E-state index contributed by atoms with van der Waals surface area (Å²) >= 11 is 3.50. The highest BCUT2D eigenvalue weighted by atomic mass is 79.9. The van der Waals surface area contributed by atoms with Gasteiger partial charge in [0, 0.05) is 0 Å². The van der Waals surface area contributed by atoms with E-state index in [9.17, 15) is 5.26 Å². The maximum atomic E-state index is 9.61. The molecule has 2 aromatic carbocycles. The Morgan fingerprint density at radius 1 is 1.35 bits per heavy atom. The summed E-state index contributed by atoms with van der Waals surface area (Å²) in [5.41, 5.74) is 4.13. The van der Waals surface area contributed by atoms with E-state index in [1.54, 1.807) is 13.2 Å². The van der Waals surface area contributed by atoms with Gasteiger partial charge < -0.3 is 14.5 Å².